The lowest BCUT2D eigenvalue weighted by molar-refractivity contribution is 1.18. The molecule has 0 N–H and O–H groups in total. The molecule has 0 aromatic carbocycles. The van der Waals surface area contributed by atoms with Crippen LogP contribution in [0.5, 0.6) is 0 Å². The molecule has 0 fully saturated rings. The van der Waals surface area contributed by atoms with Gasteiger partial charge in [0.1, 0.15) is 12.3 Å². The van der Waals surface area contributed by atoms with Crippen LogP contribution < -0.4 is 0 Å². The van der Waals surface area contributed by atoms with Crippen molar-refractivity contribution < 1.29 is 0 Å². The van der Waals surface area contributed by atoms with E-state index in [0.29, 0.717) is 0 Å². The third kappa shape index (κ3) is 0.910. The van der Waals surface area contributed by atoms with Crippen LogP contribution in [0, 0.1) is 17.9 Å². The lowest BCUT2D eigenvalue weighted by atomic mass is 10.4. The highest BCUT2D eigenvalue weighted by molar-refractivity contribution is 5.47. The molecule has 46 valence electrons. The quantitative estimate of drug-likeness (QED) is 0.490. The Morgan fingerprint density at radius 2 is 2.20 bits per heavy atom. The lowest BCUT2D eigenvalue weighted by Crippen LogP contribution is -1.82. The summed E-state index contributed by atoms with van der Waals surface area (Å²) in [5, 5.41) is 8.35. The Labute approximate surface area is 57.6 Å². The van der Waals surface area contributed by atoms with E-state index >= 15 is 0 Å². The van der Waals surface area contributed by atoms with Gasteiger partial charge in [-0.25, -0.2) is 0 Å². The van der Waals surface area contributed by atoms with Gasteiger partial charge in [0, 0.05) is 0 Å². The van der Waals surface area contributed by atoms with Crippen LogP contribution >= 0.6 is 0 Å². The molecule has 0 aliphatic heterocycles. The molecule has 10 heavy (non-hydrogen) atoms. The second kappa shape index (κ2) is 2.56. The van der Waals surface area contributed by atoms with Crippen LogP contribution in [0.1, 0.15) is 5.69 Å². The first kappa shape index (κ1) is 6.18. The van der Waals surface area contributed by atoms with Gasteiger partial charge in [-0.2, -0.15) is 5.26 Å². The van der Waals surface area contributed by atoms with Crippen LogP contribution in [0.15, 0.2) is 12.4 Å². The number of hydrogen-bond acceptors (Lipinski definition) is 3. The Kier molecular flexibility index (Phi) is 1.58. The minimum Gasteiger partial charge on any atom is -0.358 e. The fourth-order valence-electron chi connectivity index (χ4n) is 0.491. The first-order valence-electron chi connectivity index (χ1n) is 2.47. The molecule has 0 unspecified atom stereocenters. The van der Waals surface area contributed by atoms with Gasteiger partial charge in [0.15, 0.2) is 5.69 Å². The van der Waals surface area contributed by atoms with Crippen molar-refractivity contribution in [1.29, 1.82) is 5.26 Å². The van der Waals surface area contributed by atoms with Gasteiger partial charge in [-0.1, -0.05) is 6.57 Å². The molecule has 0 saturated carbocycles. The fourth-order valence-corrected chi connectivity index (χ4v) is 0.491. The standard InChI is InChI=1S/C6H2N4/c1-8-6-5(4-7)9-2-3-10-6/h2-3H. The average Bonchev–Trinajstić information content (AvgIpc) is 2.04. The number of nitrogens with zero attached hydrogens (tertiary/aromatic N) is 4. The zero-order valence-corrected chi connectivity index (χ0v) is 4.94. The van der Waals surface area contributed by atoms with Crippen molar-refractivity contribution >= 4 is 5.82 Å². The van der Waals surface area contributed by atoms with Crippen molar-refractivity contribution in [3.8, 4) is 6.07 Å². The Morgan fingerprint density at radius 3 is 2.70 bits per heavy atom. The van der Waals surface area contributed by atoms with Gasteiger partial charge in [0.25, 0.3) is 0 Å². The summed E-state index contributed by atoms with van der Waals surface area (Å²) in [5.41, 5.74) is 0.0810. The third-order valence-electron chi connectivity index (χ3n) is 0.891. The van der Waals surface area contributed by atoms with Crippen molar-refractivity contribution in [2.24, 2.45) is 0 Å². The monoisotopic (exact) mass is 130 g/mol. The molecular weight excluding hydrogens is 128 g/mol. The lowest BCUT2D eigenvalue weighted by Gasteiger charge is -1.86. The summed E-state index contributed by atoms with van der Waals surface area (Å²) in [5.74, 6) is 0.0602. The maximum Gasteiger partial charge on any atom is 0.306 e. The zero-order chi connectivity index (χ0) is 7.40. The maximum absolute atomic E-state index is 8.35. The number of nitriles is 1. The summed E-state index contributed by atoms with van der Waals surface area (Å²) in [6.45, 7) is 6.56. The van der Waals surface area contributed by atoms with Gasteiger partial charge < -0.3 is 4.85 Å². The van der Waals surface area contributed by atoms with Crippen molar-refractivity contribution in [2.45, 2.75) is 0 Å². The van der Waals surface area contributed by atoms with Gasteiger partial charge >= 0.3 is 5.82 Å². The highest BCUT2D eigenvalue weighted by Crippen LogP contribution is 2.08. The minimum atomic E-state index is 0.0602. The molecule has 1 aromatic heterocycles. The Balaban J connectivity index is 3.28. The topological polar surface area (TPSA) is 53.9 Å². The Morgan fingerprint density at radius 1 is 1.50 bits per heavy atom. The van der Waals surface area contributed by atoms with E-state index in [2.05, 4.69) is 14.8 Å². The summed E-state index contributed by atoms with van der Waals surface area (Å²) in [4.78, 5) is 10.3. The van der Waals surface area contributed by atoms with Crippen LogP contribution in [0.3, 0.4) is 0 Å². The van der Waals surface area contributed by atoms with Crippen LogP contribution in [0.4, 0.5) is 5.82 Å². The van der Waals surface area contributed by atoms with Crippen LogP contribution in [0.2, 0.25) is 0 Å². The normalized spacial score (nSPS) is 7.80. The van der Waals surface area contributed by atoms with E-state index in [-0.39, 0.29) is 11.5 Å². The molecule has 1 aromatic rings. The highest BCUT2D eigenvalue weighted by Gasteiger charge is 2.00. The van der Waals surface area contributed by atoms with E-state index in [1.165, 1.54) is 12.4 Å². The second-order valence-electron chi connectivity index (χ2n) is 1.45. The third-order valence-corrected chi connectivity index (χ3v) is 0.891. The summed E-state index contributed by atoms with van der Waals surface area (Å²) in [6.07, 6.45) is 2.77. The SMILES string of the molecule is [C-]#[N+]c1nccnc1C#N. The number of rotatable bonds is 0. The largest absolute Gasteiger partial charge is 0.358 e. The molecule has 0 spiro atoms. The highest BCUT2D eigenvalue weighted by atomic mass is 14.9. The summed E-state index contributed by atoms with van der Waals surface area (Å²) < 4.78 is 0. The zero-order valence-electron chi connectivity index (χ0n) is 4.94. The van der Waals surface area contributed by atoms with Crippen molar-refractivity contribution in [3.05, 3.63) is 29.5 Å². The summed E-state index contributed by atoms with van der Waals surface area (Å²) >= 11 is 0. The van der Waals surface area contributed by atoms with Gasteiger partial charge in [-0.05, 0) is 0 Å². The fraction of sp³-hybridized carbons (Fsp3) is 0. The van der Waals surface area contributed by atoms with E-state index in [4.69, 9.17) is 11.8 Å². The van der Waals surface area contributed by atoms with E-state index in [0.717, 1.165) is 0 Å². The predicted octanol–water partition coefficient (Wildman–Crippen LogP) is 0.899. The van der Waals surface area contributed by atoms with Gasteiger partial charge in [-0.3, -0.25) is 4.98 Å². The molecule has 0 saturated heterocycles. The van der Waals surface area contributed by atoms with E-state index in [9.17, 15) is 0 Å². The molecule has 0 aliphatic rings. The van der Waals surface area contributed by atoms with Crippen molar-refractivity contribution in [2.75, 3.05) is 0 Å². The first-order valence-corrected chi connectivity index (χ1v) is 2.47. The molecule has 0 radical (unpaired) electrons. The van der Waals surface area contributed by atoms with E-state index in [1.807, 2.05) is 0 Å². The molecule has 1 rings (SSSR count). The number of hydrogen-bond donors (Lipinski definition) is 0. The van der Waals surface area contributed by atoms with E-state index in [1.54, 1.807) is 6.07 Å². The van der Waals surface area contributed by atoms with E-state index < -0.39 is 0 Å². The first-order chi connectivity index (χ1) is 4.88. The van der Waals surface area contributed by atoms with Crippen molar-refractivity contribution in [1.82, 2.24) is 9.97 Å². The summed E-state index contributed by atoms with van der Waals surface area (Å²) in [7, 11) is 0. The van der Waals surface area contributed by atoms with Crippen LogP contribution in [-0.4, -0.2) is 9.97 Å². The van der Waals surface area contributed by atoms with Crippen LogP contribution in [0.25, 0.3) is 4.85 Å². The van der Waals surface area contributed by atoms with Gasteiger partial charge in [-0.15, -0.1) is 4.98 Å². The molecule has 0 bridgehead atoms. The number of aromatic nitrogens is 2. The predicted molar refractivity (Wildman–Crippen MR) is 33.0 cm³/mol. The summed E-state index contributed by atoms with van der Waals surface area (Å²) in [6, 6.07) is 1.76. The molecule has 0 atom stereocenters. The smallest absolute Gasteiger partial charge is 0.306 e. The minimum absolute atomic E-state index is 0.0602. The Bertz CT molecular complexity index is 284. The van der Waals surface area contributed by atoms with Crippen LogP contribution in [-0.2, 0) is 0 Å². The molecule has 0 amide bonds. The van der Waals surface area contributed by atoms with Gasteiger partial charge in [0.05, 0.1) is 6.20 Å². The molecular formula is C6H2N4. The van der Waals surface area contributed by atoms with Crippen molar-refractivity contribution in [3.63, 3.8) is 0 Å². The Hall–Kier alpha value is -1.94. The molecule has 1 heterocycles. The molecule has 0 aliphatic carbocycles. The molecule has 4 nitrogen and oxygen atoms in total. The maximum atomic E-state index is 8.35. The average molecular weight is 130 g/mol. The van der Waals surface area contributed by atoms with Gasteiger partial charge in [0.2, 0.25) is 0 Å². The molecule has 4 heteroatoms. The second-order valence-corrected chi connectivity index (χ2v) is 1.45.